The SMILES string of the molecule is CC(C)(C)CC(N)CC(=O)NOCC(N)=O. The summed E-state index contributed by atoms with van der Waals surface area (Å²) in [6.07, 6.45) is 0.895. The van der Waals surface area contributed by atoms with Crippen molar-refractivity contribution in [1.82, 2.24) is 5.48 Å². The minimum Gasteiger partial charge on any atom is -0.368 e. The van der Waals surface area contributed by atoms with Gasteiger partial charge in [0, 0.05) is 12.5 Å². The number of nitrogens with one attached hydrogen (secondary N) is 1. The second kappa shape index (κ2) is 6.44. The van der Waals surface area contributed by atoms with Crippen LogP contribution >= 0.6 is 0 Å². The van der Waals surface area contributed by atoms with Crippen molar-refractivity contribution in [3.05, 3.63) is 0 Å². The van der Waals surface area contributed by atoms with Crippen molar-refractivity contribution in [3.8, 4) is 0 Å². The molecule has 0 bridgehead atoms. The van der Waals surface area contributed by atoms with Crippen LogP contribution in [0.4, 0.5) is 0 Å². The molecule has 1 unspecified atom stereocenters. The maximum atomic E-state index is 11.3. The number of primary amides is 1. The minimum absolute atomic E-state index is 0.0772. The zero-order chi connectivity index (χ0) is 12.8. The van der Waals surface area contributed by atoms with Crippen LogP contribution in [-0.2, 0) is 14.4 Å². The molecule has 0 saturated heterocycles. The summed E-state index contributed by atoms with van der Waals surface area (Å²) >= 11 is 0. The Morgan fingerprint density at radius 1 is 1.38 bits per heavy atom. The first kappa shape index (κ1) is 14.9. The second-order valence-corrected chi connectivity index (χ2v) is 5.01. The van der Waals surface area contributed by atoms with Crippen LogP contribution in [0.25, 0.3) is 0 Å². The van der Waals surface area contributed by atoms with E-state index in [1.807, 2.05) is 20.8 Å². The average Bonchev–Trinajstić information content (AvgIpc) is 1.98. The maximum Gasteiger partial charge on any atom is 0.246 e. The van der Waals surface area contributed by atoms with Crippen molar-refractivity contribution in [3.63, 3.8) is 0 Å². The fraction of sp³-hybridized carbons (Fsp3) is 0.800. The molecule has 0 aromatic rings. The van der Waals surface area contributed by atoms with Crippen LogP contribution in [0.2, 0.25) is 0 Å². The second-order valence-electron chi connectivity index (χ2n) is 5.01. The molecule has 1 atom stereocenters. The Morgan fingerprint density at radius 2 is 1.94 bits per heavy atom. The zero-order valence-electron chi connectivity index (χ0n) is 10.1. The monoisotopic (exact) mass is 231 g/mol. The van der Waals surface area contributed by atoms with Crippen LogP contribution < -0.4 is 16.9 Å². The van der Waals surface area contributed by atoms with E-state index in [9.17, 15) is 9.59 Å². The molecule has 0 saturated carbocycles. The summed E-state index contributed by atoms with van der Waals surface area (Å²) in [6.45, 7) is 5.82. The number of carbonyl (C=O) groups is 2. The van der Waals surface area contributed by atoms with Gasteiger partial charge in [0.05, 0.1) is 0 Å². The lowest BCUT2D eigenvalue weighted by molar-refractivity contribution is -0.138. The van der Waals surface area contributed by atoms with Gasteiger partial charge in [-0.05, 0) is 11.8 Å². The molecule has 6 heteroatoms. The van der Waals surface area contributed by atoms with Gasteiger partial charge in [0.2, 0.25) is 11.8 Å². The smallest absolute Gasteiger partial charge is 0.246 e. The quantitative estimate of drug-likeness (QED) is 0.544. The van der Waals surface area contributed by atoms with E-state index in [4.69, 9.17) is 11.5 Å². The molecule has 0 radical (unpaired) electrons. The summed E-state index contributed by atoms with van der Waals surface area (Å²) in [5.74, 6) is -0.989. The van der Waals surface area contributed by atoms with E-state index in [1.54, 1.807) is 0 Å². The topological polar surface area (TPSA) is 107 Å². The first-order valence-corrected chi connectivity index (χ1v) is 5.15. The Labute approximate surface area is 95.6 Å². The van der Waals surface area contributed by atoms with E-state index < -0.39 is 5.91 Å². The summed E-state index contributed by atoms with van der Waals surface area (Å²) < 4.78 is 0. The van der Waals surface area contributed by atoms with E-state index in [2.05, 4.69) is 10.3 Å². The Hall–Kier alpha value is -1.14. The van der Waals surface area contributed by atoms with Gasteiger partial charge in [-0.2, -0.15) is 0 Å². The van der Waals surface area contributed by atoms with Crippen molar-refractivity contribution < 1.29 is 14.4 Å². The van der Waals surface area contributed by atoms with E-state index >= 15 is 0 Å². The Balaban J connectivity index is 3.74. The molecule has 2 amide bonds. The Morgan fingerprint density at radius 3 is 2.38 bits per heavy atom. The lowest BCUT2D eigenvalue weighted by atomic mass is 9.87. The highest BCUT2D eigenvalue weighted by Crippen LogP contribution is 2.20. The van der Waals surface area contributed by atoms with Crippen LogP contribution in [0.1, 0.15) is 33.6 Å². The third-order valence-corrected chi connectivity index (χ3v) is 1.72. The largest absolute Gasteiger partial charge is 0.368 e. The van der Waals surface area contributed by atoms with Crippen molar-refractivity contribution in [2.75, 3.05) is 6.61 Å². The molecule has 0 aliphatic rings. The molecule has 5 N–H and O–H groups in total. The summed E-state index contributed by atoms with van der Waals surface area (Å²) in [6, 6.07) is -0.225. The standard InChI is InChI=1S/C10H21N3O3/c1-10(2,3)5-7(11)4-9(15)13-16-6-8(12)14/h7H,4-6,11H2,1-3H3,(H2,12,14)(H,13,15). The van der Waals surface area contributed by atoms with Gasteiger partial charge in [0.25, 0.3) is 0 Å². The number of hydroxylamine groups is 1. The number of amides is 2. The van der Waals surface area contributed by atoms with Gasteiger partial charge in [-0.1, -0.05) is 20.8 Å². The summed E-state index contributed by atoms with van der Waals surface area (Å²) in [5.41, 5.74) is 12.8. The molecule has 0 aliphatic carbocycles. The predicted octanol–water partition coefficient (Wildman–Crippen LogP) is -0.327. The number of rotatable bonds is 6. The summed E-state index contributed by atoms with van der Waals surface area (Å²) in [4.78, 5) is 26.1. The number of nitrogens with two attached hydrogens (primary N) is 2. The highest BCUT2D eigenvalue weighted by molar-refractivity contribution is 5.77. The van der Waals surface area contributed by atoms with Crippen LogP contribution in [0, 0.1) is 5.41 Å². The molecule has 0 aromatic carbocycles. The third kappa shape index (κ3) is 9.42. The molecular weight excluding hydrogens is 210 g/mol. The van der Waals surface area contributed by atoms with Crippen LogP contribution in [0.5, 0.6) is 0 Å². The predicted molar refractivity (Wildman–Crippen MR) is 60.0 cm³/mol. The van der Waals surface area contributed by atoms with Gasteiger partial charge in [-0.3, -0.25) is 14.4 Å². The molecule has 0 aliphatic heterocycles. The van der Waals surface area contributed by atoms with Gasteiger partial charge in [-0.15, -0.1) is 0 Å². The zero-order valence-corrected chi connectivity index (χ0v) is 10.1. The number of hydrogen-bond acceptors (Lipinski definition) is 4. The lowest BCUT2D eigenvalue weighted by Crippen LogP contribution is -2.35. The summed E-state index contributed by atoms with van der Waals surface area (Å²) in [7, 11) is 0. The lowest BCUT2D eigenvalue weighted by Gasteiger charge is -2.22. The molecule has 0 spiro atoms. The van der Waals surface area contributed by atoms with E-state index in [-0.39, 0.29) is 30.4 Å². The van der Waals surface area contributed by atoms with Crippen LogP contribution in [-0.4, -0.2) is 24.5 Å². The highest BCUT2D eigenvalue weighted by atomic mass is 16.7. The van der Waals surface area contributed by atoms with Gasteiger partial charge in [-0.25, -0.2) is 5.48 Å². The molecular formula is C10H21N3O3. The molecule has 6 nitrogen and oxygen atoms in total. The van der Waals surface area contributed by atoms with E-state index in [0.29, 0.717) is 0 Å². The molecule has 0 fully saturated rings. The first-order valence-electron chi connectivity index (χ1n) is 5.15. The normalized spacial score (nSPS) is 13.2. The molecule has 16 heavy (non-hydrogen) atoms. The van der Waals surface area contributed by atoms with Crippen molar-refractivity contribution >= 4 is 11.8 Å². The van der Waals surface area contributed by atoms with Crippen molar-refractivity contribution in [2.24, 2.45) is 16.9 Å². The van der Waals surface area contributed by atoms with Gasteiger partial charge in [0.1, 0.15) is 0 Å². The third-order valence-electron chi connectivity index (χ3n) is 1.72. The summed E-state index contributed by atoms with van der Waals surface area (Å²) in [5, 5.41) is 0. The van der Waals surface area contributed by atoms with Crippen molar-refractivity contribution in [1.29, 1.82) is 0 Å². The first-order chi connectivity index (χ1) is 7.20. The van der Waals surface area contributed by atoms with Gasteiger partial charge in [0.15, 0.2) is 6.61 Å². The molecule has 0 heterocycles. The highest BCUT2D eigenvalue weighted by Gasteiger charge is 2.18. The van der Waals surface area contributed by atoms with Crippen molar-refractivity contribution in [2.45, 2.75) is 39.7 Å². The van der Waals surface area contributed by atoms with E-state index in [0.717, 1.165) is 6.42 Å². The average molecular weight is 231 g/mol. The van der Waals surface area contributed by atoms with Gasteiger partial charge >= 0.3 is 0 Å². The molecule has 94 valence electrons. The van der Waals surface area contributed by atoms with Gasteiger partial charge < -0.3 is 11.5 Å². The molecule has 0 rings (SSSR count). The number of carbonyl (C=O) groups excluding carboxylic acids is 2. The maximum absolute atomic E-state index is 11.3. The Bertz CT molecular complexity index is 248. The van der Waals surface area contributed by atoms with E-state index in [1.165, 1.54) is 0 Å². The fourth-order valence-electron chi connectivity index (χ4n) is 1.33. The number of hydrogen-bond donors (Lipinski definition) is 3. The Kier molecular flexibility index (Phi) is 5.98. The van der Waals surface area contributed by atoms with Crippen LogP contribution in [0.15, 0.2) is 0 Å². The fourth-order valence-corrected chi connectivity index (χ4v) is 1.33. The van der Waals surface area contributed by atoms with Crippen LogP contribution in [0.3, 0.4) is 0 Å². The minimum atomic E-state index is -0.640. The molecule has 0 aromatic heterocycles.